The van der Waals surface area contributed by atoms with Gasteiger partial charge in [0.15, 0.2) is 0 Å². The molecule has 0 unspecified atom stereocenters. The third-order valence-corrected chi connectivity index (χ3v) is 5.61. The fraction of sp³-hybridized carbons (Fsp3) is 0.269. The predicted molar refractivity (Wildman–Crippen MR) is 121 cm³/mol. The van der Waals surface area contributed by atoms with Crippen LogP contribution in [0.15, 0.2) is 84.9 Å². The van der Waals surface area contributed by atoms with Crippen LogP contribution in [0.2, 0.25) is 0 Å². The maximum atomic E-state index is 12.1. The minimum Gasteiger partial charge on any atom is -0.410 e. The van der Waals surface area contributed by atoms with Crippen molar-refractivity contribution < 1.29 is 9.53 Å². The van der Waals surface area contributed by atoms with Crippen LogP contribution in [0.3, 0.4) is 0 Å². The monoisotopic (exact) mass is 400 g/mol. The molecule has 0 bridgehead atoms. The first-order chi connectivity index (χ1) is 14.7. The fourth-order valence-electron chi connectivity index (χ4n) is 4.04. The van der Waals surface area contributed by atoms with Crippen molar-refractivity contribution >= 4 is 11.8 Å². The lowest BCUT2D eigenvalue weighted by Gasteiger charge is -2.32. The highest BCUT2D eigenvalue weighted by atomic mass is 16.6. The number of ether oxygens (including phenoxy) is 1. The topological polar surface area (TPSA) is 41.6 Å². The second-order valence-electron chi connectivity index (χ2n) is 7.94. The third kappa shape index (κ3) is 5.94. The Morgan fingerprint density at radius 3 is 2.27 bits per heavy atom. The van der Waals surface area contributed by atoms with Gasteiger partial charge in [-0.2, -0.15) is 0 Å². The first-order valence-electron chi connectivity index (χ1n) is 10.6. The number of amides is 1. The van der Waals surface area contributed by atoms with Crippen LogP contribution in [0.1, 0.15) is 24.0 Å². The first-order valence-corrected chi connectivity index (χ1v) is 10.6. The molecule has 4 rings (SSSR count). The van der Waals surface area contributed by atoms with E-state index in [4.69, 9.17) is 4.74 Å². The summed E-state index contributed by atoms with van der Waals surface area (Å²) in [6.07, 6.45) is 3.17. The molecule has 1 N–H and O–H groups in total. The second-order valence-corrected chi connectivity index (χ2v) is 7.94. The van der Waals surface area contributed by atoms with Gasteiger partial charge in [0.2, 0.25) is 0 Å². The van der Waals surface area contributed by atoms with E-state index in [1.54, 1.807) is 12.1 Å². The average Bonchev–Trinajstić information content (AvgIpc) is 2.77. The Morgan fingerprint density at radius 2 is 1.53 bits per heavy atom. The Kier molecular flexibility index (Phi) is 6.78. The number of hydrogen-bond donors (Lipinski definition) is 1. The number of carbonyl (C=O) groups excluding carboxylic acids is 1. The molecule has 0 radical (unpaired) electrons. The molecular formula is C26H28N2O2. The normalized spacial score (nSPS) is 14.9. The average molecular weight is 401 g/mol. The molecule has 0 aliphatic carbocycles. The number of piperidine rings is 1. The quantitative estimate of drug-likeness (QED) is 0.573. The van der Waals surface area contributed by atoms with E-state index < -0.39 is 6.09 Å². The highest BCUT2D eigenvalue weighted by molar-refractivity contribution is 5.86. The minimum absolute atomic E-state index is 0.472. The summed E-state index contributed by atoms with van der Waals surface area (Å²) < 4.78 is 5.31. The number of nitrogens with zero attached hydrogens (tertiary/aromatic N) is 1. The van der Waals surface area contributed by atoms with Gasteiger partial charge in [0.25, 0.3) is 0 Å². The van der Waals surface area contributed by atoms with Crippen LogP contribution in [0.5, 0.6) is 5.75 Å². The number of hydrogen-bond acceptors (Lipinski definition) is 3. The van der Waals surface area contributed by atoms with Crippen LogP contribution >= 0.6 is 0 Å². The van der Waals surface area contributed by atoms with Gasteiger partial charge in [0.05, 0.1) is 0 Å². The zero-order chi connectivity index (χ0) is 20.6. The van der Waals surface area contributed by atoms with E-state index >= 15 is 0 Å². The third-order valence-electron chi connectivity index (χ3n) is 5.61. The van der Waals surface area contributed by atoms with Crippen molar-refractivity contribution in [3.63, 3.8) is 0 Å². The Balaban J connectivity index is 1.26. The predicted octanol–water partition coefficient (Wildman–Crippen LogP) is 5.75. The van der Waals surface area contributed by atoms with Crippen LogP contribution < -0.4 is 10.1 Å². The molecule has 1 saturated heterocycles. The molecule has 1 fully saturated rings. The van der Waals surface area contributed by atoms with Gasteiger partial charge >= 0.3 is 6.09 Å². The summed E-state index contributed by atoms with van der Waals surface area (Å²) in [5.74, 6) is 1.30. The van der Waals surface area contributed by atoms with E-state index in [2.05, 4.69) is 46.6 Å². The zero-order valence-corrected chi connectivity index (χ0v) is 17.2. The summed E-state index contributed by atoms with van der Waals surface area (Å²) in [4.78, 5) is 14.6. The molecule has 1 amide bonds. The van der Waals surface area contributed by atoms with E-state index in [1.807, 2.05) is 36.4 Å². The smallest absolute Gasteiger partial charge is 0.410 e. The van der Waals surface area contributed by atoms with Gasteiger partial charge in [-0.15, -0.1) is 0 Å². The van der Waals surface area contributed by atoms with Gasteiger partial charge < -0.3 is 4.74 Å². The number of anilines is 1. The molecule has 4 heteroatoms. The van der Waals surface area contributed by atoms with Gasteiger partial charge in [-0.05, 0) is 73.7 Å². The highest BCUT2D eigenvalue weighted by Gasteiger charge is 2.19. The summed E-state index contributed by atoms with van der Waals surface area (Å²) in [5.41, 5.74) is 3.40. The van der Waals surface area contributed by atoms with Gasteiger partial charge in [-0.25, -0.2) is 4.79 Å². The number of carbonyl (C=O) groups is 1. The molecule has 1 aliphatic rings. The van der Waals surface area contributed by atoms with Crippen molar-refractivity contribution in [3.8, 4) is 5.75 Å². The number of benzene rings is 3. The van der Waals surface area contributed by atoms with Crippen LogP contribution in [-0.4, -0.2) is 24.1 Å². The molecular weight excluding hydrogens is 372 g/mol. The van der Waals surface area contributed by atoms with E-state index in [-0.39, 0.29) is 0 Å². The van der Waals surface area contributed by atoms with Crippen LogP contribution in [-0.2, 0) is 13.0 Å². The van der Waals surface area contributed by atoms with Crippen molar-refractivity contribution in [2.24, 2.45) is 5.92 Å². The molecule has 3 aromatic rings. The fourth-order valence-corrected chi connectivity index (χ4v) is 4.04. The van der Waals surface area contributed by atoms with Crippen molar-refractivity contribution in [1.82, 2.24) is 4.90 Å². The molecule has 154 valence electrons. The summed E-state index contributed by atoms with van der Waals surface area (Å²) in [7, 11) is 0. The number of para-hydroxylation sites is 1. The maximum Gasteiger partial charge on any atom is 0.417 e. The molecule has 4 nitrogen and oxygen atoms in total. The van der Waals surface area contributed by atoms with Gasteiger partial charge in [0, 0.05) is 12.2 Å². The lowest BCUT2D eigenvalue weighted by Crippen LogP contribution is -2.33. The lowest BCUT2D eigenvalue weighted by atomic mass is 9.90. The van der Waals surface area contributed by atoms with Crippen molar-refractivity contribution in [3.05, 3.63) is 96.1 Å². The highest BCUT2D eigenvalue weighted by Crippen LogP contribution is 2.23. The van der Waals surface area contributed by atoms with Crippen molar-refractivity contribution in [1.29, 1.82) is 0 Å². The van der Waals surface area contributed by atoms with Crippen LogP contribution in [0, 0.1) is 5.92 Å². The number of nitrogens with one attached hydrogen (secondary N) is 1. The molecule has 0 spiro atoms. The number of rotatable bonds is 6. The number of likely N-dealkylation sites (tertiary alicyclic amines) is 1. The Hall–Kier alpha value is -3.11. The molecule has 0 aromatic heterocycles. The van der Waals surface area contributed by atoms with Gasteiger partial charge in [0.1, 0.15) is 5.75 Å². The van der Waals surface area contributed by atoms with Crippen molar-refractivity contribution in [2.75, 3.05) is 18.4 Å². The maximum absolute atomic E-state index is 12.1. The summed E-state index contributed by atoms with van der Waals surface area (Å²) in [5, 5.41) is 2.82. The van der Waals surface area contributed by atoms with E-state index in [0.717, 1.165) is 31.2 Å². The standard InChI is InChI=1S/C26H28N2O2/c29-26(30-25-12-5-2-6-13-25)27-24-11-7-10-23(19-24)20-28-16-14-22(15-17-28)18-21-8-3-1-4-9-21/h1-13,19,22H,14-18,20H2,(H,27,29). The summed E-state index contributed by atoms with van der Waals surface area (Å²) in [6.45, 7) is 3.14. The largest absolute Gasteiger partial charge is 0.417 e. The molecule has 1 heterocycles. The molecule has 30 heavy (non-hydrogen) atoms. The zero-order valence-electron chi connectivity index (χ0n) is 17.2. The molecule has 3 aromatic carbocycles. The van der Waals surface area contributed by atoms with Crippen molar-refractivity contribution in [2.45, 2.75) is 25.8 Å². The summed E-state index contributed by atoms with van der Waals surface area (Å²) in [6, 6.07) is 27.9. The van der Waals surface area contributed by atoms with E-state index in [0.29, 0.717) is 5.75 Å². The van der Waals surface area contributed by atoms with E-state index in [1.165, 1.54) is 30.4 Å². The van der Waals surface area contributed by atoms with Crippen LogP contribution in [0.4, 0.5) is 10.5 Å². The summed E-state index contributed by atoms with van der Waals surface area (Å²) >= 11 is 0. The molecule has 0 saturated carbocycles. The molecule has 0 atom stereocenters. The van der Waals surface area contributed by atoms with Gasteiger partial charge in [-0.1, -0.05) is 60.7 Å². The Bertz CT molecular complexity index is 936. The Labute approximate surface area is 178 Å². The Morgan fingerprint density at radius 1 is 0.867 bits per heavy atom. The van der Waals surface area contributed by atoms with Crippen LogP contribution in [0.25, 0.3) is 0 Å². The SMILES string of the molecule is O=C(Nc1cccc(CN2CCC(Cc3ccccc3)CC2)c1)Oc1ccccc1. The molecule has 1 aliphatic heterocycles. The van der Waals surface area contributed by atoms with Gasteiger partial charge in [-0.3, -0.25) is 10.2 Å². The minimum atomic E-state index is -0.472. The first kappa shape index (κ1) is 20.2. The second kappa shape index (κ2) is 10.1. The van der Waals surface area contributed by atoms with E-state index in [9.17, 15) is 4.79 Å². The lowest BCUT2D eigenvalue weighted by molar-refractivity contribution is 0.177.